The summed E-state index contributed by atoms with van der Waals surface area (Å²) in [6.07, 6.45) is 11.9. The molecule has 0 amide bonds. The molecule has 0 aliphatic heterocycles. The number of hydrogen-bond donors (Lipinski definition) is 0. The van der Waals surface area contributed by atoms with Crippen LogP contribution in [0.4, 0.5) is 4.39 Å². The maximum Gasteiger partial charge on any atom is 0.141 e. The number of benzene rings is 3. The van der Waals surface area contributed by atoms with Gasteiger partial charge < -0.3 is 0 Å². The summed E-state index contributed by atoms with van der Waals surface area (Å²) in [6, 6.07) is 17.7. The van der Waals surface area contributed by atoms with Crippen molar-refractivity contribution in [3.63, 3.8) is 0 Å². The van der Waals surface area contributed by atoms with E-state index in [-0.39, 0.29) is 5.56 Å². The average molecular weight is 400 g/mol. The molecule has 0 aromatic heterocycles. The molecule has 3 aromatic rings. The molecule has 154 valence electrons. The Bertz CT molecular complexity index is 1080. The maximum atomic E-state index is 14.0. The minimum atomic E-state index is -0.457. The summed E-state index contributed by atoms with van der Waals surface area (Å²) in [6.45, 7) is 2.27. The Morgan fingerprint density at radius 3 is 2.57 bits per heavy atom. The molecule has 0 N–H and O–H groups in total. The number of rotatable bonds is 7. The Kier molecular flexibility index (Phi) is 6.48. The molecule has 1 nitrogen and oxygen atoms in total. The second-order valence-corrected chi connectivity index (χ2v) is 8.76. The Hall–Kier alpha value is -2.66. The highest BCUT2D eigenvalue weighted by Gasteiger charge is 2.20. The molecule has 0 saturated carbocycles. The molecule has 0 spiro atoms. The largest absolute Gasteiger partial charge is 0.206 e. The predicted octanol–water partition coefficient (Wildman–Crippen LogP) is 7.98. The SMILES string of the molecule is CCCCCCCC1CCc2c(ccc3cc(-c4ccc(C#N)c(F)c4)ccc23)C1. The van der Waals surface area contributed by atoms with Crippen LogP contribution in [0.15, 0.2) is 48.5 Å². The monoisotopic (exact) mass is 399 g/mol. The van der Waals surface area contributed by atoms with E-state index in [0.717, 1.165) is 23.5 Å². The quantitative estimate of drug-likeness (QED) is 0.369. The van der Waals surface area contributed by atoms with E-state index in [2.05, 4.69) is 37.3 Å². The molecule has 2 heteroatoms. The topological polar surface area (TPSA) is 23.8 Å². The van der Waals surface area contributed by atoms with Crippen LogP contribution < -0.4 is 0 Å². The number of nitriles is 1. The van der Waals surface area contributed by atoms with Gasteiger partial charge in [-0.05, 0) is 76.4 Å². The molecule has 0 fully saturated rings. The normalized spacial score (nSPS) is 15.7. The third-order valence-electron chi connectivity index (χ3n) is 6.68. The fourth-order valence-corrected chi connectivity index (χ4v) is 4.94. The minimum Gasteiger partial charge on any atom is -0.206 e. The van der Waals surface area contributed by atoms with E-state index >= 15 is 0 Å². The zero-order valence-corrected chi connectivity index (χ0v) is 17.9. The molecule has 0 radical (unpaired) electrons. The van der Waals surface area contributed by atoms with Crippen molar-refractivity contribution >= 4 is 10.8 Å². The molecule has 1 atom stereocenters. The summed E-state index contributed by atoms with van der Waals surface area (Å²) < 4.78 is 14.0. The van der Waals surface area contributed by atoms with Crippen LogP contribution in [0.3, 0.4) is 0 Å². The average Bonchev–Trinajstić information content (AvgIpc) is 2.78. The fourth-order valence-electron chi connectivity index (χ4n) is 4.94. The highest BCUT2D eigenvalue weighted by atomic mass is 19.1. The molecule has 4 rings (SSSR count). The lowest BCUT2D eigenvalue weighted by Gasteiger charge is -2.26. The fraction of sp³-hybridized carbons (Fsp3) is 0.393. The van der Waals surface area contributed by atoms with Crippen molar-refractivity contribution in [1.82, 2.24) is 0 Å². The van der Waals surface area contributed by atoms with Crippen LogP contribution in [0.1, 0.15) is 68.6 Å². The van der Waals surface area contributed by atoms with E-state index in [9.17, 15) is 4.39 Å². The highest BCUT2D eigenvalue weighted by molar-refractivity contribution is 5.91. The van der Waals surface area contributed by atoms with E-state index in [1.807, 2.05) is 12.1 Å². The molecule has 1 aliphatic carbocycles. The van der Waals surface area contributed by atoms with E-state index in [4.69, 9.17) is 5.26 Å². The summed E-state index contributed by atoms with van der Waals surface area (Å²) in [4.78, 5) is 0. The van der Waals surface area contributed by atoms with Crippen LogP contribution in [0.5, 0.6) is 0 Å². The van der Waals surface area contributed by atoms with Gasteiger partial charge >= 0.3 is 0 Å². The van der Waals surface area contributed by atoms with Crippen molar-refractivity contribution in [2.75, 3.05) is 0 Å². The highest BCUT2D eigenvalue weighted by Crippen LogP contribution is 2.35. The number of aryl methyl sites for hydroxylation is 1. The zero-order valence-electron chi connectivity index (χ0n) is 17.9. The molecule has 0 heterocycles. The van der Waals surface area contributed by atoms with E-state index in [0.29, 0.717) is 0 Å². The van der Waals surface area contributed by atoms with Crippen LogP contribution >= 0.6 is 0 Å². The lowest BCUT2D eigenvalue weighted by Crippen LogP contribution is -2.14. The van der Waals surface area contributed by atoms with Crippen LogP contribution in [-0.2, 0) is 12.8 Å². The number of hydrogen-bond acceptors (Lipinski definition) is 1. The van der Waals surface area contributed by atoms with Gasteiger partial charge in [-0.25, -0.2) is 4.39 Å². The summed E-state index contributed by atoms with van der Waals surface area (Å²) >= 11 is 0. The lowest BCUT2D eigenvalue weighted by atomic mass is 9.79. The van der Waals surface area contributed by atoms with Gasteiger partial charge in [0, 0.05) is 0 Å². The Labute approximate surface area is 179 Å². The molecule has 3 aromatic carbocycles. The number of nitrogens with zero attached hydrogens (tertiary/aromatic N) is 1. The third-order valence-corrected chi connectivity index (χ3v) is 6.68. The molecule has 1 unspecified atom stereocenters. The van der Waals surface area contributed by atoms with Gasteiger partial charge in [-0.15, -0.1) is 0 Å². The standard InChI is InChI=1S/C28H30FN/c1-2-3-4-5-6-7-20-8-14-26-23(16-20)10-11-24-17-21(13-15-27(24)26)22-9-12-25(19-30)28(29)18-22/h9-13,15,17-18,20H,2-8,14,16H2,1H3. The molecular weight excluding hydrogens is 369 g/mol. The Morgan fingerprint density at radius 2 is 1.77 bits per heavy atom. The number of unbranched alkanes of at least 4 members (excludes halogenated alkanes) is 4. The first-order valence-corrected chi connectivity index (χ1v) is 11.4. The summed E-state index contributed by atoms with van der Waals surface area (Å²) in [5.74, 6) is 0.374. The van der Waals surface area contributed by atoms with Crippen LogP contribution in [0.2, 0.25) is 0 Å². The van der Waals surface area contributed by atoms with Crippen molar-refractivity contribution in [3.8, 4) is 17.2 Å². The first kappa shape index (κ1) is 20.6. The van der Waals surface area contributed by atoms with E-state index in [1.165, 1.54) is 79.3 Å². The minimum absolute atomic E-state index is 0.0912. The molecule has 1 aliphatic rings. The number of halogens is 1. The van der Waals surface area contributed by atoms with Crippen LogP contribution in [-0.4, -0.2) is 0 Å². The first-order valence-electron chi connectivity index (χ1n) is 11.4. The summed E-state index contributed by atoms with van der Waals surface area (Å²) in [5.41, 5.74) is 4.92. The lowest BCUT2D eigenvalue weighted by molar-refractivity contribution is 0.406. The molecule has 0 saturated heterocycles. The Morgan fingerprint density at radius 1 is 0.967 bits per heavy atom. The van der Waals surface area contributed by atoms with Gasteiger partial charge in [0.15, 0.2) is 0 Å². The van der Waals surface area contributed by atoms with Crippen molar-refractivity contribution < 1.29 is 4.39 Å². The van der Waals surface area contributed by atoms with Gasteiger partial charge in [-0.3, -0.25) is 0 Å². The van der Waals surface area contributed by atoms with Gasteiger partial charge in [0.1, 0.15) is 11.9 Å². The van der Waals surface area contributed by atoms with Gasteiger partial charge in [0.2, 0.25) is 0 Å². The van der Waals surface area contributed by atoms with Crippen molar-refractivity contribution in [1.29, 1.82) is 5.26 Å². The second kappa shape index (κ2) is 9.43. The van der Waals surface area contributed by atoms with Gasteiger partial charge in [-0.1, -0.05) is 75.8 Å². The molecule has 30 heavy (non-hydrogen) atoms. The maximum absolute atomic E-state index is 14.0. The first-order chi connectivity index (χ1) is 14.7. The summed E-state index contributed by atoms with van der Waals surface area (Å²) in [7, 11) is 0. The van der Waals surface area contributed by atoms with E-state index < -0.39 is 5.82 Å². The third kappa shape index (κ3) is 4.41. The number of fused-ring (bicyclic) bond motifs is 3. The van der Waals surface area contributed by atoms with E-state index in [1.54, 1.807) is 6.07 Å². The molecular formula is C28H30FN. The van der Waals surface area contributed by atoms with Gasteiger partial charge in [-0.2, -0.15) is 5.26 Å². The molecule has 0 bridgehead atoms. The second-order valence-electron chi connectivity index (χ2n) is 8.76. The smallest absolute Gasteiger partial charge is 0.141 e. The van der Waals surface area contributed by atoms with Crippen molar-refractivity contribution in [3.05, 3.63) is 71.0 Å². The van der Waals surface area contributed by atoms with Crippen LogP contribution in [0.25, 0.3) is 21.9 Å². The zero-order chi connectivity index (χ0) is 20.9. The summed E-state index contributed by atoms with van der Waals surface area (Å²) in [5, 5.41) is 11.5. The van der Waals surface area contributed by atoms with Gasteiger partial charge in [0.25, 0.3) is 0 Å². The van der Waals surface area contributed by atoms with Crippen molar-refractivity contribution in [2.24, 2.45) is 5.92 Å². The van der Waals surface area contributed by atoms with Gasteiger partial charge in [0.05, 0.1) is 5.56 Å². The van der Waals surface area contributed by atoms with Crippen LogP contribution in [0, 0.1) is 23.1 Å². The Balaban J connectivity index is 1.51. The predicted molar refractivity (Wildman–Crippen MR) is 123 cm³/mol. The van der Waals surface area contributed by atoms with Crippen molar-refractivity contribution in [2.45, 2.75) is 64.7 Å².